The maximum atomic E-state index is 12.6. The van der Waals surface area contributed by atoms with Crippen molar-refractivity contribution < 1.29 is 28.5 Å². The van der Waals surface area contributed by atoms with Crippen LogP contribution in [0.5, 0.6) is 11.5 Å². The van der Waals surface area contributed by atoms with E-state index in [1.807, 2.05) is 12.1 Å². The van der Waals surface area contributed by atoms with Gasteiger partial charge in [0, 0.05) is 26.2 Å². The molecule has 2 amide bonds. The molecule has 3 aliphatic rings. The molecule has 3 aliphatic heterocycles. The van der Waals surface area contributed by atoms with Crippen LogP contribution in [-0.2, 0) is 9.47 Å². The van der Waals surface area contributed by atoms with Crippen LogP contribution in [0.1, 0.15) is 0 Å². The van der Waals surface area contributed by atoms with Gasteiger partial charge in [-0.1, -0.05) is 23.5 Å². The zero-order valence-electron chi connectivity index (χ0n) is 16.9. The fraction of sp³-hybridized carbons (Fsp3) is 0.400. The Labute approximate surface area is 192 Å². The van der Waals surface area contributed by atoms with Crippen LogP contribution in [0.4, 0.5) is 9.59 Å². The Hall–Kier alpha value is -2.90. The first-order valence-corrected chi connectivity index (χ1v) is 11.4. The lowest BCUT2D eigenvalue weighted by atomic mass is 10.3. The van der Waals surface area contributed by atoms with Crippen molar-refractivity contribution in [3.05, 3.63) is 21.9 Å². The second-order valence-electron chi connectivity index (χ2n) is 6.75. The first-order valence-electron chi connectivity index (χ1n) is 9.77. The Morgan fingerprint density at radius 3 is 1.59 bits per heavy atom. The Balaban J connectivity index is 1.61. The molecule has 12 heteroatoms. The monoisotopic (exact) mass is 474 g/mol. The summed E-state index contributed by atoms with van der Waals surface area (Å²) < 4.78 is 22.2. The number of nitrogens with zero attached hydrogens (tertiary/aromatic N) is 4. The number of morpholine rings is 2. The lowest BCUT2D eigenvalue weighted by molar-refractivity contribution is 0.0408. The van der Waals surface area contributed by atoms with Gasteiger partial charge >= 0.3 is 12.2 Å². The molecular weight excluding hydrogens is 456 g/mol. The molecule has 2 saturated heterocycles. The number of rotatable bonds is 2. The largest absolute Gasteiger partial charge is 0.415 e. The van der Waals surface area contributed by atoms with Crippen LogP contribution in [0, 0.1) is 22.7 Å². The summed E-state index contributed by atoms with van der Waals surface area (Å²) in [4.78, 5) is 29.3. The van der Waals surface area contributed by atoms with Crippen LogP contribution in [0.15, 0.2) is 31.7 Å². The van der Waals surface area contributed by atoms with E-state index in [1.54, 1.807) is 21.9 Å². The van der Waals surface area contributed by atoms with Gasteiger partial charge < -0.3 is 28.7 Å². The molecule has 0 N–H and O–H groups in total. The maximum absolute atomic E-state index is 12.6. The number of benzene rings is 1. The Bertz CT molecular complexity index is 957. The second kappa shape index (κ2) is 10.1. The van der Waals surface area contributed by atoms with Gasteiger partial charge in [-0.3, -0.25) is 0 Å². The molecule has 0 aliphatic carbocycles. The molecule has 10 nitrogen and oxygen atoms in total. The lowest BCUT2D eigenvalue weighted by Gasteiger charge is -2.27. The molecule has 32 heavy (non-hydrogen) atoms. The number of hydrogen-bond donors (Lipinski definition) is 0. The molecule has 3 heterocycles. The molecule has 0 bridgehead atoms. The molecule has 1 aromatic carbocycles. The van der Waals surface area contributed by atoms with Crippen molar-refractivity contribution in [1.29, 1.82) is 10.5 Å². The maximum Gasteiger partial charge on any atom is 0.415 e. The Kier molecular flexibility index (Phi) is 7.07. The van der Waals surface area contributed by atoms with Crippen LogP contribution >= 0.6 is 23.5 Å². The highest BCUT2D eigenvalue weighted by molar-refractivity contribution is 8.24. The van der Waals surface area contributed by atoms with E-state index >= 15 is 0 Å². The highest BCUT2D eigenvalue weighted by Gasteiger charge is 2.32. The molecule has 1 aromatic rings. The number of hydrogen-bond acceptors (Lipinski definition) is 10. The van der Waals surface area contributed by atoms with Gasteiger partial charge in [0.2, 0.25) is 0 Å². The molecule has 0 saturated carbocycles. The predicted molar refractivity (Wildman–Crippen MR) is 113 cm³/mol. The third-order valence-electron chi connectivity index (χ3n) is 4.79. The first kappa shape index (κ1) is 22.3. The van der Waals surface area contributed by atoms with Gasteiger partial charge in [0.05, 0.1) is 40.5 Å². The third-order valence-corrected chi connectivity index (χ3v) is 7.42. The topological polar surface area (TPSA) is 125 Å². The van der Waals surface area contributed by atoms with Gasteiger partial charge in [0.1, 0.15) is 29.2 Å². The SMILES string of the molecule is N#CC(C#N)=C1Sc2c(OC(=O)N3CCOCC3)ccc(OC(=O)N3CCOCC3)c2S1. The molecule has 2 fully saturated rings. The van der Waals surface area contributed by atoms with E-state index in [9.17, 15) is 20.1 Å². The number of nitriles is 2. The quantitative estimate of drug-likeness (QED) is 0.591. The Morgan fingerprint density at radius 2 is 1.22 bits per heavy atom. The normalized spacial score (nSPS) is 17.8. The molecule has 0 aromatic heterocycles. The van der Waals surface area contributed by atoms with Gasteiger partial charge in [0.25, 0.3) is 0 Å². The first-order chi connectivity index (χ1) is 15.6. The molecule has 0 unspecified atom stereocenters. The molecule has 166 valence electrons. The van der Waals surface area contributed by atoms with Crippen LogP contribution in [0.2, 0.25) is 0 Å². The van der Waals surface area contributed by atoms with Crippen molar-refractivity contribution in [2.75, 3.05) is 52.6 Å². The number of allylic oxidation sites excluding steroid dienone is 1. The molecule has 0 spiro atoms. The average Bonchev–Trinajstić information content (AvgIpc) is 3.28. The molecular formula is C20H18N4O6S2. The van der Waals surface area contributed by atoms with Crippen LogP contribution < -0.4 is 9.47 Å². The molecule has 4 rings (SSSR count). The van der Waals surface area contributed by atoms with Gasteiger partial charge in [-0.2, -0.15) is 10.5 Å². The van der Waals surface area contributed by atoms with E-state index < -0.39 is 12.2 Å². The number of fused-ring (bicyclic) bond motifs is 1. The van der Waals surface area contributed by atoms with E-state index in [2.05, 4.69) is 0 Å². The van der Waals surface area contributed by atoms with Crippen molar-refractivity contribution >= 4 is 35.7 Å². The fourth-order valence-corrected chi connectivity index (χ4v) is 5.60. The zero-order valence-corrected chi connectivity index (χ0v) is 18.5. The smallest absolute Gasteiger partial charge is 0.409 e. The predicted octanol–water partition coefficient (Wildman–Crippen LogP) is 2.81. The summed E-state index contributed by atoms with van der Waals surface area (Å²) in [6, 6.07) is 6.84. The summed E-state index contributed by atoms with van der Waals surface area (Å²) in [6.45, 7) is 3.46. The number of thioether (sulfide) groups is 2. The minimum atomic E-state index is -0.516. The minimum absolute atomic E-state index is 0.0629. The number of amides is 2. The molecule has 0 atom stereocenters. The highest BCUT2D eigenvalue weighted by Crippen LogP contribution is 2.58. The van der Waals surface area contributed by atoms with E-state index in [1.165, 1.54) is 0 Å². The second-order valence-corrected chi connectivity index (χ2v) is 9.04. The average molecular weight is 475 g/mol. The van der Waals surface area contributed by atoms with E-state index in [0.29, 0.717) is 66.6 Å². The van der Waals surface area contributed by atoms with E-state index in [4.69, 9.17) is 18.9 Å². The molecule has 0 radical (unpaired) electrons. The lowest BCUT2D eigenvalue weighted by Crippen LogP contribution is -2.42. The van der Waals surface area contributed by atoms with Crippen molar-refractivity contribution in [3.8, 4) is 23.6 Å². The summed E-state index contributed by atoms with van der Waals surface area (Å²) in [5, 5.41) is 18.5. The summed E-state index contributed by atoms with van der Waals surface area (Å²) in [7, 11) is 0. The highest BCUT2D eigenvalue weighted by atomic mass is 32.2. The third kappa shape index (κ3) is 4.79. The number of ether oxygens (including phenoxy) is 4. The Morgan fingerprint density at radius 1 is 0.812 bits per heavy atom. The van der Waals surface area contributed by atoms with Crippen molar-refractivity contribution in [2.24, 2.45) is 0 Å². The van der Waals surface area contributed by atoms with Gasteiger partial charge in [0.15, 0.2) is 0 Å². The van der Waals surface area contributed by atoms with Crippen LogP contribution in [0.25, 0.3) is 0 Å². The van der Waals surface area contributed by atoms with E-state index in [0.717, 1.165) is 23.5 Å². The van der Waals surface area contributed by atoms with Crippen molar-refractivity contribution in [3.63, 3.8) is 0 Å². The van der Waals surface area contributed by atoms with Crippen molar-refractivity contribution in [2.45, 2.75) is 9.79 Å². The number of carbonyl (C=O) groups excluding carboxylic acids is 2. The zero-order chi connectivity index (χ0) is 22.5. The van der Waals surface area contributed by atoms with Crippen LogP contribution in [0.3, 0.4) is 0 Å². The standard InChI is InChI=1S/C20H18N4O6S2/c21-11-13(12-22)18-31-16-14(29-19(25)23-3-7-27-8-4-23)1-2-15(17(16)32-18)30-20(26)24-5-9-28-10-6-24/h1-2H,3-10H2. The fourth-order valence-electron chi connectivity index (χ4n) is 3.11. The minimum Gasteiger partial charge on any atom is -0.409 e. The summed E-state index contributed by atoms with van der Waals surface area (Å²) in [5.41, 5.74) is -0.0629. The van der Waals surface area contributed by atoms with Gasteiger partial charge in [-0.05, 0) is 12.1 Å². The van der Waals surface area contributed by atoms with E-state index in [-0.39, 0.29) is 17.1 Å². The van der Waals surface area contributed by atoms with Gasteiger partial charge in [-0.25, -0.2) is 9.59 Å². The number of carbonyl (C=O) groups is 2. The summed E-state index contributed by atoms with van der Waals surface area (Å²) in [5.74, 6) is 0.538. The van der Waals surface area contributed by atoms with Crippen molar-refractivity contribution in [1.82, 2.24) is 9.80 Å². The summed E-state index contributed by atoms with van der Waals surface area (Å²) in [6.07, 6.45) is -1.03. The summed E-state index contributed by atoms with van der Waals surface area (Å²) >= 11 is 2.28. The van der Waals surface area contributed by atoms with Crippen LogP contribution in [-0.4, -0.2) is 74.6 Å². The van der Waals surface area contributed by atoms with Gasteiger partial charge in [-0.15, -0.1) is 0 Å².